The van der Waals surface area contributed by atoms with Crippen molar-refractivity contribution in [1.82, 2.24) is 20.2 Å². The number of pyridine rings is 2. The standard InChI is InChI=1S/C26H31NO7.C22H23N3.C2H7N.C2H6/c1-20-16-24(11-12-25(20)26(32)27(19-30)21(18-29)8-7-13-28)34-15-5-3-2-4-14-33-23-10-6-9-22(31)17-23;1-15-10-11-23-14-21(15)20-8-6-17(12-16(20)2)18-7-9-22(24-13-18)25-19-4-3-5-19;1-3-2;1-2/h6,9-13,16-19,21,31H,2-5,7-8,14-15H2,1H3;6-14,19H,3-5H2,1-2H3,(H,24,25);3H,1-2H3;1-2H3. The first-order chi connectivity index (χ1) is 31.1. The van der Waals surface area contributed by atoms with Gasteiger partial charge < -0.3 is 34.8 Å². The van der Waals surface area contributed by atoms with Crippen molar-refractivity contribution in [2.45, 2.75) is 104 Å². The number of amides is 2. The molecule has 1 aliphatic rings. The molecule has 1 saturated carbocycles. The van der Waals surface area contributed by atoms with E-state index in [-0.39, 0.29) is 18.6 Å². The summed E-state index contributed by atoms with van der Waals surface area (Å²) in [6.45, 7) is 11.1. The molecule has 1 fully saturated rings. The minimum absolute atomic E-state index is 0.0807. The van der Waals surface area contributed by atoms with Crippen molar-refractivity contribution < 1.29 is 33.8 Å². The van der Waals surface area contributed by atoms with Gasteiger partial charge in [0.2, 0.25) is 6.41 Å². The topological polar surface area (TPSA) is 160 Å². The van der Waals surface area contributed by atoms with Crippen LogP contribution >= 0.6 is 0 Å². The van der Waals surface area contributed by atoms with E-state index in [1.54, 1.807) is 49.4 Å². The molecule has 342 valence electrons. The van der Waals surface area contributed by atoms with Crippen molar-refractivity contribution in [1.29, 1.82) is 0 Å². The summed E-state index contributed by atoms with van der Waals surface area (Å²) in [6.07, 6.45) is 15.0. The molecule has 1 atom stereocenters. The molecule has 0 radical (unpaired) electrons. The molecular weight excluding hydrogens is 807 g/mol. The van der Waals surface area contributed by atoms with Gasteiger partial charge in [0.1, 0.15) is 35.6 Å². The van der Waals surface area contributed by atoms with Crippen LogP contribution in [0.4, 0.5) is 5.82 Å². The van der Waals surface area contributed by atoms with E-state index < -0.39 is 11.9 Å². The number of nitrogens with one attached hydrogen (secondary N) is 2. The lowest BCUT2D eigenvalue weighted by Gasteiger charge is -2.26. The number of imide groups is 1. The third-order valence-corrected chi connectivity index (χ3v) is 10.4. The lowest BCUT2D eigenvalue weighted by Crippen LogP contribution is -2.40. The first-order valence-corrected chi connectivity index (χ1v) is 22.3. The fraction of sp³-hybridized carbons (Fsp3) is 0.385. The summed E-state index contributed by atoms with van der Waals surface area (Å²) in [5.74, 6) is 1.84. The molecule has 64 heavy (non-hydrogen) atoms. The van der Waals surface area contributed by atoms with Crippen LogP contribution in [0.5, 0.6) is 17.2 Å². The Balaban J connectivity index is 0.000000319. The smallest absolute Gasteiger partial charge is 0.261 e. The first-order valence-electron chi connectivity index (χ1n) is 22.3. The number of unbranched alkanes of at least 4 members (excludes halogenated alkanes) is 3. The van der Waals surface area contributed by atoms with Gasteiger partial charge >= 0.3 is 0 Å². The molecular formula is C52H67N5O7. The predicted molar refractivity (Wildman–Crippen MR) is 256 cm³/mol. The van der Waals surface area contributed by atoms with E-state index in [0.717, 1.165) is 42.0 Å². The Bertz CT molecular complexity index is 2170. The number of carbonyl (C=O) groups is 4. The molecule has 2 heterocycles. The van der Waals surface area contributed by atoms with Crippen molar-refractivity contribution in [3.63, 3.8) is 0 Å². The molecule has 3 aromatic carbocycles. The Hall–Kier alpha value is -6.40. The minimum Gasteiger partial charge on any atom is -0.508 e. The van der Waals surface area contributed by atoms with E-state index in [1.807, 2.05) is 46.5 Å². The summed E-state index contributed by atoms with van der Waals surface area (Å²) < 4.78 is 11.4. The zero-order valence-corrected chi connectivity index (χ0v) is 38.6. The van der Waals surface area contributed by atoms with E-state index in [9.17, 15) is 24.3 Å². The molecule has 1 unspecified atom stereocenters. The number of nitrogens with zero attached hydrogens (tertiary/aromatic N) is 3. The molecule has 1 aliphatic carbocycles. The highest BCUT2D eigenvalue weighted by molar-refractivity contribution is 6.02. The van der Waals surface area contributed by atoms with Crippen molar-refractivity contribution in [3.8, 4) is 39.5 Å². The Kier molecular flexibility index (Phi) is 23.6. The molecule has 0 aliphatic heterocycles. The molecule has 0 spiro atoms. The highest BCUT2D eigenvalue weighted by Gasteiger charge is 2.25. The predicted octanol–water partition coefficient (Wildman–Crippen LogP) is 10.1. The lowest BCUT2D eigenvalue weighted by molar-refractivity contribution is -0.123. The third kappa shape index (κ3) is 16.7. The summed E-state index contributed by atoms with van der Waals surface area (Å²) in [6, 6.07) is 24.2. The van der Waals surface area contributed by atoms with Crippen LogP contribution in [0.25, 0.3) is 22.3 Å². The Morgan fingerprint density at radius 2 is 1.48 bits per heavy atom. The second-order valence-corrected chi connectivity index (χ2v) is 15.3. The fourth-order valence-corrected chi connectivity index (χ4v) is 6.71. The lowest BCUT2D eigenvalue weighted by atomic mass is 9.93. The number of hydrogen-bond donors (Lipinski definition) is 3. The quantitative estimate of drug-likeness (QED) is 0.0505. The van der Waals surface area contributed by atoms with E-state index >= 15 is 0 Å². The van der Waals surface area contributed by atoms with E-state index in [4.69, 9.17) is 9.47 Å². The molecule has 12 nitrogen and oxygen atoms in total. The maximum atomic E-state index is 12.7. The van der Waals surface area contributed by atoms with Crippen molar-refractivity contribution in [2.24, 2.45) is 0 Å². The van der Waals surface area contributed by atoms with Crippen LogP contribution in [-0.4, -0.2) is 84.3 Å². The largest absolute Gasteiger partial charge is 0.508 e. The molecule has 6 rings (SSSR count). The molecule has 3 N–H and O–H groups in total. The van der Waals surface area contributed by atoms with Gasteiger partial charge in [-0.05, 0) is 163 Å². The summed E-state index contributed by atoms with van der Waals surface area (Å²) >= 11 is 0. The van der Waals surface area contributed by atoms with Crippen LogP contribution < -0.4 is 20.1 Å². The summed E-state index contributed by atoms with van der Waals surface area (Å²) in [5, 5.41) is 15.6. The molecule has 2 aromatic heterocycles. The fourth-order valence-electron chi connectivity index (χ4n) is 6.71. The van der Waals surface area contributed by atoms with Gasteiger partial charge in [-0.2, -0.15) is 0 Å². The Morgan fingerprint density at radius 1 is 0.797 bits per heavy atom. The zero-order valence-electron chi connectivity index (χ0n) is 38.6. The normalized spacial score (nSPS) is 11.9. The van der Waals surface area contributed by atoms with Crippen LogP contribution in [-0.2, 0) is 14.4 Å². The van der Waals surface area contributed by atoms with Gasteiger partial charge in [0, 0.05) is 53.8 Å². The number of aryl methyl sites for hydroxylation is 3. The molecule has 12 heteroatoms. The average molecular weight is 874 g/mol. The van der Waals surface area contributed by atoms with Crippen LogP contribution in [0.2, 0.25) is 0 Å². The van der Waals surface area contributed by atoms with Crippen LogP contribution in [0, 0.1) is 20.8 Å². The second kappa shape index (κ2) is 29.1. The van der Waals surface area contributed by atoms with Crippen molar-refractivity contribution >= 4 is 30.7 Å². The number of phenols is 1. The van der Waals surface area contributed by atoms with Gasteiger partial charge in [-0.3, -0.25) is 19.5 Å². The second-order valence-electron chi connectivity index (χ2n) is 15.3. The number of aldehydes is 2. The van der Waals surface area contributed by atoms with Gasteiger partial charge in [-0.25, -0.2) is 4.98 Å². The zero-order chi connectivity index (χ0) is 46.7. The number of aromatic hydroxyl groups is 1. The number of rotatable bonds is 20. The van der Waals surface area contributed by atoms with Crippen molar-refractivity contribution in [2.75, 3.05) is 32.6 Å². The van der Waals surface area contributed by atoms with Gasteiger partial charge in [0.05, 0.1) is 19.3 Å². The van der Waals surface area contributed by atoms with Crippen molar-refractivity contribution in [3.05, 3.63) is 120 Å². The highest BCUT2D eigenvalue weighted by atomic mass is 16.5. The van der Waals surface area contributed by atoms with E-state index in [2.05, 4.69) is 70.8 Å². The SMILES string of the molecule is CC.CNC.Cc1cc(-c2ccc(NC3CCC3)nc2)ccc1-c1cnccc1C.Cc1cc(OCCCCCCOc2cccc(O)c2)ccc1C(=O)N(C=O)C(C=O)CCC=O. The highest BCUT2D eigenvalue weighted by Crippen LogP contribution is 2.31. The minimum atomic E-state index is -0.976. The summed E-state index contributed by atoms with van der Waals surface area (Å²) in [5.41, 5.74) is 8.21. The van der Waals surface area contributed by atoms with Crippen LogP contribution in [0.3, 0.4) is 0 Å². The summed E-state index contributed by atoms with van der Waals surface area (Å²) in [4.78, 5) is 55.7. The maximum Gasteiger partial charge on any atom is 0.261 e. The Labute approximate surface area is 379 Å². The number of aromatic nitrogens is 2. The van der Waals surface area contributed by atoms with Crippen LogP contribution in [0.1, 0.15) is 98.7 Å². The maximum absolute atomic E-state index is 12.7. The number of ether oxygens (including phenoxy) is 2. The number of benzene rings is 3. The third-order valence-electron chi connectivity index (χ3n) is 10.4. The first kappa shape index (κ1) is 51.9. The van der Waals surface area contributed by atoms with Gasteiger partial charge in [-0.1, -0.05) is 38.1 Å². The average Bonchev–Trinajstić information content (AvgIpc) is 3.29. The number of anilines is 1. The molecule has 5 aromatic rings. The number of carbonyl (C=O) groups excluding carboxylic acids is 4. The van der Waals surface area contributed by atoms with E-state index in [0.29, 0.717) is 60.9 Å². The summed E-state index contributed by atoms with van der Waals surface area (Å²) in [7, 11) is 3.75. The van der Waals surface area contributed by atoms with Gasteiger partial charge in [0.15, 0.2) is 0 Å². The molecule has 0 bridgehead atoms. The number of phenolic OH excluding ortho intramolecular Hbond substituents is 1. The van der Waals surface area contributed by atoms with Gasteiger partial charge in [0.25, 0.3) is 5.91 Å². The number of hydrogen-bond acceptors (Lipinski definition) is 11. The van der Waals surface area contributed by atoms with E-state index in [1.165, 1.54) is 47.1 Å². The van der Waals surface area contributed by atoms with Gasteiger partial charge in [-0.15, -0.1) is 0 Å². The monoisotopic (exact) mass is 874 g/mol. The molecule has 0 saturated heterocycles. The molecule has 2 amide bonds. The Morgan fingerprint density at radius 3 is 2.03 bits per heavy atom. The van der Waals surface area contributed by atoms with Crippen LogP contribution in [0.15, 0.2) is 97.5 Å².